The van der Waals surface area contributed by atoms with Crippen LogP contribution < -0.4 is 0 Å². The van der Waals surface area contributed by atoms with Crippen LogP contribution in [0.4, 0.5) is 0 Å². The Bertz CT molecular complexity index is 3860. The maximum Gasteiger partial charge on any atom is 0.0725 e. The molecule has 70 heavy (non-hydrogen) atoms. The average molecular weight is 887 g/mol. The van der Waals surface area contributed by atoms with Crippen LogP contribution in [0.15, 0.2) is 255 Å². The number of fused-ring (bicyclic) bond motifs is 16. The summed E-state index contributed by atoms with van der Waals surface area (Å²) in [6.07, 6.45) is 0.924. The van der Waals surface area contributed by atoms with Crippen molar-refractivity contribution in [1.82, 2.24) is 0 Å². The lowest BCUT2D eigenvalue weighted by Crippen LogP contribution is -2.25. The fourth-order valence-corrected chi connectivity index (χ4v) is 13.4. The average Bonchev–Trinajstić information content (AvgIpc) is 4.15. The van der Waals surface area contributed by atoms with E-state index in [9.17, 15) is 0 Å². The molecule has 4 aliphatic rings. The highest BCUT2D eigenvalue weighted by atomic mass is 14.5. The van der Waals surface area contributed by atoms with Gasteiger partial charge in [-0.15, -0.1) is 0 Å². The van der Waals surface area contributed by atoms with E-state index in [1.54, 1.807) is 0 Å². The molecule has 1 spiro atoms. The van der Waals surface area contributed by atoms with Gasteiger partial charge in [0, 0.05) is 11.8 Å². The van der Waals surface area contributed by atoms with Crippen LogP contribution in [-0.4, -0.2) is 0 Å². The number of rotatable bonds is 6. The fraction of sp³-hybridized carbons (Fsp3) is 0.0571. The first-order chi connectivity index (χ1) is 34.7. The van der Waals surface area contributed by atoms with E-state index < -0.39 is 0 Å². The van der Waals surface area contributed by atoms with Crippen LogP contribution >= 0.6 is 0 Å². The first kappa shape index (κ1) is 39.4. The van der Waals surface area contributed by atoms with E-state index in [1.807, 2.05) is 0 Å². The molecule has 0 heterocycles. The molecule has 326 valence electrons. The first-order valence-electron chi connectivity index (χ1n) is 24.8. The standard InChI is InChI=1S/C70H46/c1-3-15-44(16-4-1)45-27-29-47(30-28-45)68(46-17-5-2-6-18-46)51-33-37-57-56-19-7-8-23-61(56)69(63(57)43-51)50-32-36-55-53(40-50)41-52-39-48(31-35-54(52)55)49-34-38-67-62(42-49)60-22-11-14-26-66(60)70(67)64-24-12-9-20-58(64)59-21-10-13-25-65(59)70/h1-40,42-43,68-69H,41H2. The molecule has 0 heteroatoms. The normalized spacial score (nSPS) is 15.0. The second kappa shape index (κ2) is 15.2. The van der Waals surface area contributed by atoms with Crippen molar-refractivity contribution >= 4 is 0 Å². The van der Waals surface area contributed by atoms with Gasteiger partial charge in [0.05, 0.1) is 5.41 Å². The first-order valence-corrected chi connectivity index (χ1v) is 24.8. The molecular formula is C70H46. The van der Waals surface area contributed by atoms with Crippen molar-refractivity contribution in [1.29, 1.82) is 0 Å². The van der Waals surface area contributed by atoms with Crippen LogP contribution in [0.2, 0.25) is 0 Å². The molecule has 0 fully saturated rings. The van der Waals surface area contributed by atoms with Crippen LogP contribution in [-0.2, 0) is 11.8 Å². The minimum atomic E-state index is -0.324. The summed E-state index contributed by atoms with van der Waals surface area (Å²) in [5, 5.41) is 0. The van der Waals surface area contributed by atoms with E-state index in [-0.39, 0.29) is 17.3 Å². The monoisotopic (exact) mass is 886 g/mol. The predicted octanol–water partition coefficient (Wildman–Crippen LogP) is 17.3. The molecule has 2 unspecified atom stereocenters. The maximum absolute atomic E-state index is 2.53. The van der Waals surface area contributed by atoms with Gasteiger partial charge in [0.1, 0.15) is 0 Å². The van der Waals surface area contributed by atoms with E-state index in [0.717, 1.165) is 6.42 Å². The van der Waals surface area contributed by atoms with Gasteiger partial charge in [-0.3, -0.25) is 0 Å². The van der Waals surface area contributed by atoms with E-state index >= 15 is 0 Å². The van der Waals surface area contributed by atoms with E-state index in [4.69, 9.17) is 0 Å². The summed E-state index contributed by atoms with van der Waals surface area (Å²) in [4.78, 5) is 0. The van der Waals surface area contributed by atoms with Crippen LogP contribution in [0.3, 0.4) is 0 Å². The van der Waals surface area contributed by atoms with Gasteiger partial charge >= 0.3 is 0 Å². The van der Waals surface area contributed by atoms with Crippen molar-refractivity contribution in [3.05, 3.63) is 322 Å². The maximum atomic E-state index is 2.53. The van der Waals surface area contributed by atoms with Gasteiger partial charge in [-0.1, -0.05) is 249 Å². The lowest BCUT2D eigenvalue weighted by molar-refractivity contribution is 0.794. The Kier molecular flexibility index (Phi) is 8.57. The summed E-state index contributed by atoms with van der Waals surface area (Å²) < 4.78 is 0. The molecule has 0 saturated carbocycles. The van der Waals surface area contributed by atoms with Gasteiger partial charge in [-0.25, -0.2) is 0 Å². The Hall–Kier alpha value is -8.58. The summed E-state index contributed by atoms with van der Waals surface area (Å²) in [5.74, 6) is 0.242. The molecular weight excluding hydrogens is 841 g/mol. The van der Waals surface area contributed by atoms with Crippen molar-refractivity contribution in [3.8, 4) is 66.8 Å². The highest BCUT2D eigenvalue weighted by Gasteiger charge is 2.51. The largest absolute Gasteiger partial charge is 0.0725 e. The van der Waals surface area contributed by atoms with Gasteiger partial charge in [-0.2, -0.15) is 0 Å². The number of hydrogen-bond acceptors (Lipinski definition) is 0. The predicted molar refractivity (Wildman–Crippen MR) is 289 cm³/mol. The van der Waals surface area contributed by atoms with Gasteiger partial charge < -0.3 is 0 Å². The summed E-state index contributed by atoms with van der Waals surface area (Å²) >= 11 is 0. The zero-order valence-electron chi connectivity index (χ0n) is 38.6. The quantitative estimate of drug-likeness (QED) is 0.146. The summed E-state index contributed by atoms with van der Waals surface area (Å²) in [6, 6.07) is 96.4. The third-order valence-corrected chi connectivity index (χ3v) is 16.3. The highest BCUT2D eigenvalue weighted by molar-refractivity contribution is 5.96. The van der Waals surface area contributed by atoms with Crippen molar-refractivity contribution < 1.29 is 0 Å². The van der Waals surface area contributed by atoms with Crippen molar-refractivity contribution in [3.63, 3.8) is 0 Å². The minimum Gasteiger partial charge on any atom is -0.0622 e. The topological polar surface area (TPSA) is 0 Å². The molecule has 0 aromatic heterocycles. The van der Waals surface area contributed by atoms with E-state index in [2.05, 4.69) is 255 Å². The van der Waals surface area contributed by atoms with Gasteiger partial charge in [-0.05, 0) is 146 Å². The Balaban J connectivity index is 0.784. The molecule has 11 aromatic carbocycles. The lowest BCUT2D eigenvalue weighted by atomic mass is 9.70. The number of benzene rings is 11. The zero-order valence-corrected chi connectivity index (χ0v) is 38.6. The smallest absolute Gasteiger partial charge is 0.0622 e. The zero-order chi connectivity index (χ0) is 45.9. The molecule has 11 aromatic rings. The van der Waals surface area contributed by atoms with Crippen LogP contribution in [0.5, 0.6) is 0 Å². The summed E-state index contributed by atoms with van der Waals surface area (Å²) in [7, 11) is 0. The molecule has 0 nitrogen and oxygen atoms in total. The third-order valence-electron chi connectivity index (χ3n) is 16.3. The summed E-state index contributed by atoms with van der Waals surface area (Å²) in [5.41, 5.74) is 31.9. The van der Waals surface area contributed by atoms with Crippen LogP contribution in [0, 0.1) is 0 Å². The van der Waals surface area contributed by atoms with Crippen LogP contribution in [0.25, 0.3) is 66.8 Å². The highest BCUT2D eigenvalue weighted by Crippen LogP contribution is 2.63. The molecule has 0 radical (unpaired) electrons. The molecule has 0 amide bonds. The second-order valence-corrected chi connectivity index (χ2v) is 19.8. The van der Waals surface area contributed by atoms with Crippen molar-refractivity contribution in [2.75, 3.05) is 0 Å². The molecule has 0 aliphatic heterocycles. The molecule has 0 saturated heterocycles. The summed E-state index contributed by atoms with van der Waals surface area (Å²) in [6.45, 7) is 0. The molecule has 0 bridgehead atoms. The lowest BCUT2D eigenvalue weighted by Gasteiger charge is -2.30. The molecule has 15 rings (SSSR count). The Labute approximate surface area is 409 Å². The van der Waals surface area contributed by atoms with E-state index in [1.165, 1.54) is 134 Å². The third kappa shape index (κ3) is 5.65. The van der Waals surface area contributed by atoms with Gasteiger partial charge in [0.25, 0.3) is 0 Å². The Morgan fingerprint density at radius 3 is 1.47 bits per heavy atom. The molecule has 2 atom stereocenters. The number of hydrogen-bond donors (Lipinski definition) is 0. The SMILES string of the molecule is c1ccc(-c2ccc(C(c3ccccc3)c3ccc4c(c3)C(c3ccc5c(c3)Cc3cc(-c6ccc7c(c6)-c6ccccc6C76c7ccccc7-c7ccccc76)ccc3-5)c3ccccc3-4)cc2)cc1. The van der Waals surface area contributed by atoms with Crippen LogP contribution in [0.1, 0.15) is 78.6 Å². The molecule has 4 aliphatic carbocycles. The fourth-order valence-electron chi connectivity index (χ4n) is 13.4. The Morgan fingerprint density at radius 2 is 0.757 bits per heavy atom. The van der Waals surface area contributed by atoms with Crippen molar-refractivity contribution in [2.24, 2.45) is 0 Å². The molecule has 0 N–H and O–H groups in total. The van der Waals surface area contributed by atoms with Gasteiger partial charge in [0.15, 0.2) is 0 Å². The van der Waals surface area contributed by atoms with Crippen molar-refractivity contribution in [2.45, 2.75) is 23.7 Å². The van der Waals surface area contributed by atoms with Gasteiger partial charge in [0.2, 0.25) is 0 Å². The second-order valence-electron chi connectivity index (χ2n) is 19.8. The minimum absolute atomic E-state index is 0.0991. The Morgan fingerprint density at radius 1 is 0.286 bits per heavy atom. The van der Waals surface area contributed by atoms with E-state index in [0.29, 0.717) is 0 Å².